The van der Waals surface area contributed by atoms with E-state index in [4.69, 9.17) is 11.6 Å². The van der Waals surface area contributed by atoms with E-state index in [9.17, 15) is 0 Å². The number of rotatable bonds is 4. The quantitative estimate of drug-likeness (QED) is 0.193. The lowest BCUT2D eigenvalue weighted by Gasteiger charge is -2.34. The second-order valence-corrected chi connectivity index (χ2v) is 11.3. The number of halogens is 2. The molecule has 0 radical (unpaired) electrons. The van der Waals surface area contributed by atoms with Gasteiger partial charge in [-0.2, -0.15) is 0 Å². The summed E-state index contributed by atoms with van der Waals surface area (Å²) in [6, 6.07) is 52.0. The van der Waals surface area contributed by atoms with Crippen molar-refractivity contribution in [3.05, 3.63) is 177 Å². The maximum Gasteiger partial charge on any atom is 0.0714 e. The van der Waals surface area contributed by atoms with Crippen LogP contribution in [0.3, 0.4) is 0 Å². The maximum atomic E-state index is 6.71. The van der Waals surface area contributed by atoms with Crippen LogP contribution in [0.5, 0.6) is 0 Å². The lowest BCUT2D eigenvalue weighted by molar-refractivity contribution is 0.768. The molecule has 0 unspecified atom stereocenters. The average Bonchev–Trinajstić information content (AvgIpc) is 3.29. The molecule has 1 aliphatic carbocycles. The molecule has 0 spiro atoms. The minimum atomic E-state index is -0.510. The van der Waals surface area contributed by atoms with Crippen molar-refractivity contribution in [1.29, 1.82) is 0 Å². The fourth-order valence-electron chi connectivity index (χ4n) is 6.18. The largest absolute Gasteiger partial charge is 0.0843 e. The molecule has 2 heteroatoms. The molecule has 0 aliphatic heterocycles. The molecule has 0 aromatic heterocycles. The van der Waals surface area contributed by atoms with Gasteiger partial charge in [-0.15, -0.1) is 0 Å². The fourth-order valence-corrected chi connectivity index (χ4v) is 6.93. The third kappa shape index (κ3) is 3.88. The van der Waals surface area contributed by atoms with E-state index >= 15 is 0 Å². The van der Waals surface area contributed by atoms with Crippen LogP contribution in [0.25, 0.3) is 33.4 Å². The van der Waals surface area contributed by atoms with Gasteiger partial charge in [-0.25, -0.2) is 0 Å². The van der Waals surface area contributed by atoms with Crippen LogP contribution in [0.2, 0.25) is 5.02 Å². The predicted octanol–water partition coefficient (Wildman–Crippen LogP) is 10.8. The summed E-state index contributed by atoms with van der Waals surface area (Å²) in [6.07, 6.45) is 0. The van der Waals surface area contributed by atoms with Gasteiger partial charge < -0.3 is 0 Å². The Labute approximate surface area is 242 Å². The Bertz CT molecular complexity index is 1700. The number of hydrogen-bond donors (Lipinski definition) is 0. The number of hydrogen-bond acceptors (Lipinski definition) is 0. The molecule has 7 rings (SSSR count). The van der Waals surface area contributed by atoms with E-state index in [-0.39, 0.29) is 0 Å². The van der Waals surface area contributed by atoms with Crippen molar-refractivity contribution in [2.45, 2.75) is 5.41 Å². The molecule has 0 amide bonds. The first-order chi connectivity index (χ1) is 19.2. The van der Waals surface area contributed by atoms with Gasteiger partial charge in [0, 0.05) is 15.1 Å². The second-order valence-electron chi connectivity index (χ2n) is 9.99. The van der Waals surface area contributed by atoms with Gasteiger partial charge in [0.15, 0.2) is 0 Å². The van der Waals surface area contributed by atoms with E-state index in [0.29, 0.717) is 0 Å². The first-order valence-corrected chi connectivity index (χ1v) is 14.2. The van der Waals surface area contributed by atoms with Crippen LogP contribution >= 0.6 is 27.5 Å². The van der Waals surface area contributed by atoms with Gasteiger partial charge in [-0.3, -0.25) is 0 Å². The SMILES string of the molecule is Clc1ccc2c(c1)C(c1ccc(-c3ccccc3)cc1)(c1ccc(-c3ccccc3)cc1)c1cccc(Br)c1-2. The molecular weight excluding hydrogens is 560 g/mol. The first kappa shape index (κ1) is 24.2. The van der Waals surface area contributed by atoms with E-state index in [2.05, 4.69) is 155 Å². The van der Waals surface area contributed by atoms with Gasteiger partial charge in [-0.1, -0.05) is 155 Å². The zero-order valence-corrected chi connectivity index (χ0v) is 23.5. The zero-order chi connectivity index (χ0) is 26.4. The Kier molecular flexibility index (Phi) is 6.00. The molecule has 186 valence electrons. The first-order valence-electron chi connectivity index (χ1n) is 13.1. The lowest BCUT2D eigenvalue weighted by Crippen LogP contribution is -2.28. The van der Waals surface area contributed by atoms with E-state index < -0.39 is 5.41 Å². The summed E-state index contributed by atoms with van der Waals surface area (Å²) in [5, 5.41) is 0.740. The second kappa shape index (κ2) is 9.68. The Morgan fingerprint density at radius 1 is 0.462 bits per heavy atom. The maximum absolute atomic E-state index is 6.71. The van der Waals surface area contributed by atoms with Crippen LogP contribution in [0.4, 0.5) is 0 Å². The monoisotopic (exact) mass is 582 g/mol. The summed E-state index contributed by atoms with van der Waals surface area (Å²) in [7, 11) is 0. The van der Waals surface area contributed by atoms with E-state index in [1.54, 1.807) is 0 Å². The Balaban J connectivity index is 1.50. The average molecular weight is 584 g/mol. The molecule has 0 saturated carbocycles. The highest BCUT2D eigenvalue weighted by Crippen LogP contribution is 2.58. The minimum absolute atomic E-state index is 0.510. The van der Waals surface area contributed by atoms with Gasteiger partial charge in [0.1, 0.15) is 0 Å². The molecule has 0 nitrogen and oxygen atoms in total. The van der Waals surface area contributed by atoms with Gasteiger partial charge >= 0.3 is 0 Å². The molecule has 0 heterocycles. The molecule has 6 aromatic rings. The van der Waals surface area contributed by atoms with Crippen molar-refractivity contribution in [3.8, 4) is 33.4 Å². The highest BCUT2D eigenvalue weighted by atomic mass is 79.9. The van der Waals surface area contributed by atoms with Crippen LogP contribution in [-0.4, -0.2) is 0 Å². The summed E-state index contributed by atoms with van der Waals surface area (Å²) in [5.74, 6) is 0. The molecule has 0 fully saturated rings. The number of benzene rings is 6. The third-order valence-corrected chi connectivity index (χ3v) is 8.82. The molecule has 1 aliphatic rings. The van der Waals surface area contributed by atoms with Crippen molar-refractivity contribution in [2.75, 3.05) is 0 Å². The van der Waals surface area contributed by atoms with Crippen LogP contribution in [0.1, 0.15) is 22.3 Å². The Morgan fingerprint density at radius 3 is 1.51 bits per heavy atom. The van der Waals surface area contributed by atoms with Crippen LogP contribution in [-0.2, 0) is 5.41 Å². The van der Waals surface area contributed by atoms with Crippen molar-refractivity contribution < 1.29 is 0 Å². The molecule has 39 heavy (non-hydrogen) atoms. The molecule has 0 atom stereocenters. The van der Waals surface area contributed by atoms with Gasteiger partial charge in [0.25, 0.3) is 0 Å². The lowest BCUT2D eigenvalue weighted by atomic mass is 9.67. The highest BCUT2D eigenvalue weighted by Gasteiger charge is 2.46. The van der Waals surface area contributed by atoms with Crippen molar-refractivity contribution >= 4 is 27.5 Å². The van der Waals surface area contributed by atoms with Gasteiger partial charge in [-0.05, 0) is 68.3 Å². The minimum Gasteiger partial charge on any atom is -0.0843 e. The summed E-state index contributed by atoms with van der Waals surface area (Å²) in [4.78, 5) is 0. The predicted molar refractivity (Wildman–Crippen MR) is 167 cm³/mol. The summed E-state index contributed by atoms with van der Waals surface area (Å²) < 4.78 is 1.09. The smallest absolute Gasteiger partial charge is 0.0714 e. The molecule has 0 bridgehead atoms. The van der Waals surface area contributed by atoms with Crippen LogP contribution in [0, 0.1) is 0 Å². The Morgan fingerprint density at radius 2 is 0.974 bits per heavy atom. The summed E-state index contributed by atoms with van der Waals surface area (Å²) >= 11 is 10.6. The highest BCUT2D eigenvalue weighted by molar-refractivity contribution is 9.10. The van der Waals surface area contributed by atoms with E-state index in [1.165, 1.54) is 55.6 Å². The van der Waals surface area contributed by atoms with Gasteiger partial charge in [0.2, 0.25) is 0 Å². The Hall–Kier alpha value is -3.91. The van der Waals surface area contributed by atoms with Crippen molar-refractivity contribution in [2.24, 2.45) is 0 Å². The van der Waals surface area contributed by atoms with E-state index in [1.807, 2.05) is 6.07 Å². The third-order valence-electron chi connectivity index (χ3n) is 7.92. The van der Waals surface area contributed by atoms with Crippen LogP contribution < -0.4 is 0 Å². The number of fused-ring (bicyclic) bond motifs is 3. The fraction of sp³-hybridized carbons (Fsp3) is 0.0270. The van der Waals surface area contributed by atoms with Crippen LogP contribution in [0.15, 0.2) is 150 Å². The summed E-state index contributed by atoms with van der Waals surface area (Å²) in [6.45, 7) is 0. The molecule has 0 saturated heterocycles. The standard InChI is InChI=1S/C37H24BrCl/c38-35-13-7-12-33-36(35)32-23-22-31(39)24-34(32)37(33,29-18-14-27(15-19-29)25-8-3-1-4-9-25)30-20-16-28(17-21-30)26-10-5-2-6-11-26/h1-24H. The van der Waals surface area contributed by atoms with Gasteiger partial charge in [0.05, 0.1) is 5.41 Å². The zero-order valence-electron chi connectivity index (χ0n) is 21.1. The van der Waals surface area contributed by atoms with Crippen molar-refractivity contribution in [1.82, 2.24) is 0 Å². The molecule has 6 aromatic carbocycles. The van der Waals surface area contributed by atoms with E-state index in [0.717, 1.165) is 9.50 Å². The summed E-state index contributed by atoms with van der Waals surface area (Å²) in [5.41, 5.74) is 11.6. The van der Waals surface area contributed by atoms with Crippen molar-refractivity contribution in [3.63, 3.8) is 0 Å². The molecule has 0 N–H and O–H groups in total. The topological polar surface area (TPSA) is 0 Å². The molecular formula is C37H24BrCl. The normalized spacial score (nSPS) is 13.1.